The number of hydrogen-bond acceptors (Lipinski definition) is 2. The van der Waals surface area contributed by atoms with E-state index in [1.54, 1.807) is 0 Å². The Labute approximate surface area is 115 Å². The average molecular weight is 257 g/mol. The maximum absolute atomic E-state index is 4.46. The molecule has 1 heterocycles. The Morgan fingerprint density at radius 3 is 2.84 bits per heavy atom. The Balaban J connectivity index is 2.19. The van der Waals surface area contributed by atoms with Gasteiger partial charge in [0.2, 0.25) is 0 Å². The van der Waals surface area contributed by atoms with E-state index in [1.807, 2.05) is 12.4 Å². The lowest BCUT2D eigenvalue weighted by molar-refractivity contribution is 0.708. The summed E-state index contributed by atoms with van der Waals surface area (Å²) in [5, 5.41) is 3.37. The Hall–Kier alpha value is -1.61. The zero-order valence-electron chi connectivity index (χ0n) is 12.1. The highest BCUT2D eigenvalue weighted by Gasteiger charge is 2.06. The van der Waals surface area contributed by atoms with Gasteiger partial charge in [-0.3, -0.25) is 0 Å². The first kappa shape index (κ1) is 13.8. The first-order valence-corrected chi connectivity index (χ1v) is 7.03. The number of aromatic nitrogens is 2. The zero-order chi connectivity index (χ0) is 13.7. The Morgan fingerprint density at radius 2 is 2.11 bits per heavy atom. The largest absolute Gasteiger partial charge is 0.335 e. The van der Waals surface area contributed by atoms with Gasteiger partial charge in [0.1, 0.15) is 5.82 Å². The lowest BCUT2D eigenvalue weighted by atomic mass is 10.0. The molecule has 1 aromatic carbocycles. The molecule has 0 fully saturated rings. The van der Waals surface area contributed by atoms with Crippen molar-refractivity contribution in [2.24, 2.45) is 0 Å². The summed E-state index contributed by atoms with van der Waals surface area (Å²) in [6, 6.07) is 6.71. The van der Waals surface area contributed by atoms with Crippen molar-refractivity contribution < 1.29 is 0 Å². The van der Waals surface area contributed by atoms with E-state index in [9.17, 15) is 0 Å². The van der Waals surface area contributed by atoms with E-state index >= 15 is 0 Å². The Kier molecular flexibility index (Phi) is 4.74. The van der Waals surface area contributed by atoms with Gasteiger partial charge < -0.3 is 9.88 Å². The van der Waals surface area contributed by atoms with E-state index in [1.165, 1.54) is 16.7 Å². The number of hydrogen-bond donors (Lipinski definition) is 1. The van der Waals surface area contributed by atoms with Crippen molar-refractivity contribution in [1.82, 2.24) is 14.9 Å². The molecular weight excluding hydrogens is 234 g/mol. The molecule has 0 atom stereocenters. The molecule has 2 aromatic rings. The molecule has 0 aliphatic carbocycles. The molecule has 0 radical (unpaired) electrons. The van der Waals surface area contributed by atoms with E-state index in [0.29, 0.717) is 0 Å². The number of nitrogens with one attached hydrogen (secondary N) is 1. The third kappa shape index (κ3) is 3.44. The second-order valence-electron chi connectivity index (χ2n) is 4.85. The first-order valence-electron chi connectivity index (χ1n) is 7.03. The zero-order valence-corrected chi connectivity index (χ0v) is 12.1. The molecule has 0 bridgehead atoms. The molecule has 0 aliphatic heterocycles. The maximum atomic E-state index is 4.46. The molecule has 0 aliphatic rings. The van der Waals surface area contributed by atoms with E-state index in [-0.39, 0.29) is 0 Å². The SMILES string of the molecule is CCNCc1ccc(C)c(Cc2nccn2CC)c1. The van der Waals surface area contributed by atoms with Crippen molar-refractivity contribution in [1.29, 1.82) is 0 Å². The molecule has 0 unspecified atom stereocenters. The van der Waals surface area contributed by atoms with Crippen molar-refractivity contribution in [3.63, 3.8) is 0 Å². The number of aryl methyl sites for hydroxylation is 2. The van der Waals surface area contributed by atoms with Crippen LogP contribution in [-0.4, -0.2) is 16.1 Å². The van der Waals surface area contributed by atoms with Crippen LogP contribution in [0.2, 0.25) is 0 Å². The molecule has 102 valence electrons. The van der Waals surface area contributed by atoms with Gasteiger partial charge in [0, 0.05) is 31.9 Å². The fourth-order valence-electron chi connectivity index (χ4n) is 2.26. The lowest BCUT2D eigenvalue weighted by Gasteiger charge is -2.10. The summed E-state index contributed by atoms with van der Waals surface area (Å²) in [7, 11) is 0. The summed E-state index contributed by atoms with van der Waals surface area (Å²) >= 11 is 0. The third-order valence-corrected chi connectivity index (χ3v) is 3.48. The van der Waals surface area contributed by atoms with E-state index in [2.05, 4.69) is 53.8 Å². The van der Waals surface area contributed by atoms with Crippen LogP contribution in [0.5, 0.6) is 0 Å². The van der Waals surface area contributed by atoms with Crippen molar-refractivity contribution in [2.75, 3.05) is 6.54 Å². The molecule has 19 heavy (non-hydrogen) atoms. The lowest BCUT2D eigenvalue weighted by Crippen LogP contribution is -2.12. The molecule has 3 nitrogen and oxygen atoms in total. The van der Waals surface area contributed by atoms with Crippen molar-refractivity contribution in [3.05, 3.63) is 53.1 Å². The van der Waals surface area contributed by atoms with Gasteiger partial charge >= 0.3 is 0 Å². The Morgan fingerprint density at radius 1 is 1.26 bits per heavy atom. The molecule has 1 aromatic heterocycles. The summed E-state index contributed by atoms with van der Waals surface area (Å²) in [6.45, 7) is 9.37. The van der Waals surface area contributed by atoms with Crippen LogP contribution in [0.1, 0.15) is 36.4 Å². The van der Waals surface area contributed by atoms with Gasteiger partial charge in [0.25, 0.3) is 0 Å². The third-order valence-electron chi connectivity index (χ3n) is 3.48. The minimum atomic E-state index is 0.909. The van der Waals surface area contributed by atoms with Crippen LogP contribution in [-0.2, 0) is 19.5 Å². The fraction of sp³-hybridized carbons (Fsp3) is 0.438. The summed E-state index contributed by atoms with van der Waals surface area (Å²) in [5.74, 6) is 1.14. The van der Waals surface area contributed by atoms with Crippen molar-refractivity contribution in [3.8, 4) is 0 Å². The molecule has 2 rings (SSSR count). The van der Waals surface area contributed by atoms with Crippen molar-refractivity contribution in [2.45, 2.75) is 40.3 Å². The molecule has 0 spiro atoms. The van der Waals surface area contributed by atoms with Gasteiger partial charge in [-0.1, -0.05) is 25.1 Å². The van der Waals surface area contributed by atoms with Crippen LogP contribution in [0.25, 0.3) is 0 Å². The van der Waals surface area contributed by atoms with E-state index in [0.717, 1.165) is 31.9 Å². The fourth-order valence-corrected chi connectivity index (χ4v) is 2.26. The molecule has 0 amide bonds. The standard InChI is InChI=1S/C16H23N3/c1-4-17-12-14-7-6-13(3)15(10-14)11-16-18-8-9-19(16)5-2/h6-10,17H,4-5,11-12H2,1-3H3. The summed E-state index contributed by atoms with van der Waals surface area (Å²) in [5.41, 5.74) is 4.05. The average Bonchev–Trinajstić information content (AvgIpc) is 2.87. The summed E-state index contributed by atoms with van der Waals surface area (Å²) < 4.78 is 2.20. The topological polar surface area (TPSA) is 29.9 Å². The van der Waals surface area contributed by atoms with E-state index < -0.39 is 0 Å². The number of nitrogens with zero attached hydrogens (tertiary/aromatic N) is 2. The minimum absolute atomic E-state index is 0.909. The van der Waals surface area contributed by atoms with Gasteiger partial charge in [-0.2, -0.15) is 0 Å². The summed E-state index contributed by atoms with van der Waals surface area (Å²) in [6.07, 6.45) is 4.84. The first-order chi connectivity index (χ1) is 9.24. The number of imidazole rings is 1. The molecule has 0 saturated carbocycles. The predicted molar refractivity (Wildman–Crippen MR) is 79.3 cm³/mol. The van der Waals surface area contributed by atoms with Crippen LogP contribution < -0.4 is 5.32 Å². The van der Waals surface area contributed by atoms with Crippen LogP contribution in [0.4, 0.5) is 0 Å². The monoisotopic (exact) mass is 257 g/mol. The van der Waals surface area contributed by atoms with Gasteiger partial charge in [-0.25, -0.2) is 4.98 Å². The van der Waals surface area contributed by atoms with Crippen LogP contribution in [0.15, 0.2) is 30.6 Å². The van der Waals surface area contributed by atoms with Gasteiger partial charge in [-0.05, 0) is 37.1 Å². The van der Waals surface area contributed by atoms with Gasteiger partial charge in [0.15, 0.2) is 0 Å². The second kappa shape index (κ2) is 6.53. The minimum Gasteiger partial charge on any atom is -0.335 e. The molecule has 0 saturated heterocycles. The van der Waals surface area contributed by atoms with Gasteiger partial charge in [0.05, 0.1) is 0 Å². The molecular formula is C16H23N3. The van der Waals surface area contributed by atoms with Crippen LogP contribution >= 0.6 is 0 Å². The van der Waals surface area contributed by atoms with Gasteiger partial charge in [-0.15, -0.1) is 0 Å². The van der Waals surface area contributed by atoms with Crippen LogP contribution in [0, 0.1) is 6.92 Å². The van der Waals surface area contributed by atoms with Crippen molar-refractivity contribution >= 4 is 0 Å². The summed E-state index contributed by atoms with van der Waals surface area (Å²) in [4.78, 5) is 4.46. The van der Waals surface area contributed by atoms with E-state index in [4.69, 9.17) is 0 Å². The second-order valence-corrected chi connectivity index (χ2v) is 4.85. The highest BCUT2D eigenvalue weighted by Crippen LogP contribution is 2.15. The Bertz CT molecular complexity index is 529. The number of rotatable bonds is 6. The highest BCUT2D eigenvalue weighted by atomic mass is 15.0. The number of benzene rings is 1. The normalized spacial score (nSPS) is 10.9. The van der Waals surface area contributed by atoms with Crippen LogP contribution in [0.3, 0.4) is 0 Å². The molecule has 3 heteroatoms. The highest BCUT2D eigenvalue weighted by molar-refractivity contribution is 5.33. The smallest absolute Gasteiger partial charge is 0.113 e. The quantitative estimate of drug-likeness (QED) is 0.862. The molecule has 1 N–H and O–H groups in total. The maximum Gasteiger partial charge on any atom is 0.113 e. The predicted octanol–water partition coefficient (Wildman–Crippen LogP) is 2.91.